The number of nitrogens with one attached hydrogen (secondary N) is 1. The van der Waals surface area contributed by atoms with Crippen molar-refractivity contribution in [1.82, 2.24) is 9.78 Å². The lowest BCUT2D eigenvalue weighted by molar-refractivity contribution is 0.101. The van der Waals surface area contributed by atoms with Gasteiger partial charge in [-0.25, -0.2) is 4.39 Å². The Balaban J connectivity index is 2.12. The lowest BCUT2D eigenvalue weighted by atomic mass is 10.2. The maximum absolute atomic E-state index is 14.0. The Morgan fingerprint density at radius 1 is 1.38 bits per heavy atom. The topological polar surface area (TPSA) is 99.5 Å². The highest BCUT2D eigenvalue weighted by atomic mass is 79.9. The molecule has 0 atom stereocenters. The van der Waals surface area contributed by atoms with Crippen molar-refractivity contribution in [2.45, 2.75) is 6.92 Å². The van der Waals surface area contributed by atoms with Crippen LogP contribution in [0, 0.1) is 12.7 Å². The van der Waals surface area contributed by atoms with Crippen LogP contribution in [-0.2, 0) is 21.3 Å². The van der Waals surface area contributed by atoms with Crippen LogP contribution in [0.4, 0.5) is 10.1 Å². The maximum atomic E-state index is 14.0. The lowest BCUT2D eigenvalue weighted by Crippen LogP contribution is -2.19. The first-order valence-corrected chi connectivity index (χ1v) is 9.95. The van der Waals surface area contributed by atoms with Crippen LogP contribution < -0.4 is 10.1 Å². The molecule has 8 nitrogen and oxygen atoms in total. The Morgan fingerprint density at radius 3 is 2.73 bits per heavy atom. The van der Waals surface area contributed by atoms with Gasteiger partial charge in [-0.05, 0) is 24.6 Å². The molecule has 0 saturated carbocycles. The molecular formula is C15H17BrFN3O5S. The molecule has 1 aromatic heterocycles. The number of aryl methyl sites for hydroxylation is 2. The van der Waals surface area contributed by atoms with Crippen molar-refractivity contribution in [3.05, 3.63) is 39.9 Å². The van der Waals surface area contributed by atoms with E-state index in [2.05, 4.69) is 30.5 Å². The monoisotopic (exact) mass is 449 g/mol. The number of rotatable bonds is 7. The SMILES string of the molecule is Cc1cc(NC(=O)c2c(OCCOS(C)(=O)=O)cnn2C)c(F)cc1Br. The molecule has 1 N–H and O–H groups in total. The number of benzene rings is 1. The predicted molar refractivity (Wildman–Crippen MR) is 96.3 cm³/mol. The van der Waals surface area contributed by atoms with E-state index >= 15 is 0 Å². The molecule has 0 aliphatic rings. The number of hydrogen-bond donors (Lipinski definition) is 1. The summed E-state index contributed by atoms with van der Waals surface area (Å²) >= 11 is 3.22. The molecule has 1 amide bonds. The summed E-state index contributed by atoms with van der Waals surface area (Å²) in [5.74, 6) is -1.09. The van der Waals surface area contributed by atoms with E-state index in [4.69, 9.17) is 4.74 Å². The number of amides is 1. The fourth-order valence-corrected chi connectivity index (χ4v) is 2.74. The summed E-state index contributed by atoms with van der Waals surface area (Å²) in [5, 5.41) is 6.41. The Labute approximate surface area is 158 Å². The van der Waals surface area contributed by atoms with Gasteiger partial charge in [0.1, 0.15) is 19.0 Å². The van der Waals surface area contributed by atoms with Gasteiger partial charge in [-0.3, -0.25) is 13.7 Å². The summed E-state index contributed by atoms with van der Waals surface area (Å²) in [6.07, 6.45) is 2.23. The van der Waals surface area contributed by atoms with Crippen molar-refractivity contribution < 1.29 is 26.5 Å². The minimum atomic E-state index is -3.58. The van der Waals surface area contributed by atoms with Crippen LogP contribution in [0.15, 0.2) is 22.8 Å². The smallest absolute Gasteiger partial charge is 0.277 e. The Kier molecular flexibility index (Phi) is 6.37. The molecule has 26 heavy (non-hydrogen) atoms. The molecule has 0 saturated heterocycles. The van der Waals surface area contributed by atoms with Gasteiger partial charge >= 0.3 is 0 Å². The molecule has 0 aliphatic heterocycles. The standard InChI is InChI=1S/C15H17BrFN3O5S/c1-9-6-12(11(17)7-10(9)16)19-15(21)14-13(8-18-20(14)2)24-4-5-25-26(3,22)23/h6-8H,4-5H2,1-3H3,(H,19,21). The highest BCUT2D eigenvalue weighted by molar-refractivity contribution is 9.10. The van der Waals surface area contributed by atoms with Crippen molar-refractivity contribution >= 4 is 37.6 Å². The fourth-order valence-electron chi connectivity index (χ4n) is 2.05. The van der Waals surface area contributed by atoms with Crippen LogP contribution in [0.3, 0.4) is 0 Å². The number of aromatic nitrogens is 2. The Hall–Kier alpha value is -1.98. The first kappa shape index (κ1) is 20.3. The number of halogens is 2. The first-order chi connectivity index (χ1) is 12.1. The van der Waals surface area contributed by atoms with Crippen LogP contribution in [-0.4, -0.2) is 43.6 Å². The molecule has 2 rings (SSSR count). The molecule has 2 aromatic rings. The summed E-state index contributed by atoms with van der Waals surface area (Å²) in [7, 11) is -2.05. The van der Waals surface area contributed by atoms with Crippen LogP contribution >= 0.6 is 15.9 Å². The van der Waals surface area contributed by atoms with E-state index in [1.165, 1.54) is 30.1 Å². The Bertz CT molecular complexity index is 930. The molecule has 1 aromatic carbocycles. The minimum absolute atomic E-state index is 0.0169. The summed E-state index contributed by atoms with van der Waals surface area (Å²) in [6.45, 7) is 1.44. The lowest BCUT2D eigenvalue weighted by Gasteiger charge is -2.11. The summed E-state index contributed by atoms with van der Waals surface area (Å²) in [5.41, 5.74) is 0.827. The highest BCUT2D eigenvalue weighted by Crippen LogP contribution is 2.25. The van der Waals surface area contributed by atoms with E-state index in [1.54, 1.807) is 6.92 Å². The number of ether oxygens (including phenoxy) is 1. The molecule has 142 valence electrons. The quantitative estimate of drug-likeness (QED) is 0.513. The molecule has 11 heteroatoms. The number of hydrogen-bond acceptors (Lipinski definition) is 6. The number of nitrogens with zero attached hydrogens (tertiary/aromatic N) is 2. The average Bonchev–Trinajstić information content (AvgIpc) is 2.89. The average molecular weight is 450 g/mol. The van der Waals surface area contributed by atoms with E-state index in [9.17, 15) is 17.6 Å². The zero-order valence-corrected chi connectivity index (χ0v) is 16.6. The van der Waals surface area contributed by atoms with Gasteiger partial charge in [0.25, 0.3) is 16.0 Å². The molecule has 1 heterocycles. The molecule has 0 fully saturated rings. The van der Waals surface area contributed by atoms with Gasteiger partial charge < -0.3 is 10.1 Å². The second-order valence-corrected chi connectivity index (χ2v) is 7.89. The first-order valence-electron chi connectivity index (χ1n) is 7.34. The van der Waals surface area contributed by atoms with Crippen molar-refractivity contribution in [3.8, 4) is 5.75 Å². The molecule has 0 aliphatic carbocycles. The Morgan fingerprint density at radius 2 is 2.08 bits per heavy atom. The van der Waals surface area contributed by atoms with Gasteiger partial charge in [0, 0.05) is 11.5 Å². The molecule has 0 bridgehead atoms. The van der Waals surface area contributed by atoms with Crippen LogP contribution in [0.1, 0.15) is 16.1 Å². The van der Waals surface area contributed by atoms with Crippen molar-refractivity contribution in [2.24, 2.45) is 7.05 Å². The van der Waals surface area contributed by atoms with Gasteiger partial charge in [-0.2, -0.15) is 13.5 Å². The molecular weight excluding hydrogens is 433 g/mol. The van der Waals surface area contributed by atoms with Crippen LogP contribution in [0.25, 0.3) is 0 Å². The van der Waals surface area contributed by atoms with E-state index in [1.807, 2.05) is 0 Å². The van der Waals surface area contributed by atoms with Crippen molar-refractivity contribution in [2.75, 3.05) is 24.8 Å². The van der Waals surface area contributed by atoms with Crippen LogP contribution in [0.2, 0.25) is 0 Å². The third-order valence-corrected chi connectivity index (χ3v) is 4.70. The maximum Gasteiger partial charge on any atom is 0.277 e. The summed E-state index contributed by atoms with van der Waals surface area (Å²) < 4.78 is 47.6. The largest absolute Gasteiger partial charge is 0.487 e. The van der Waals surface area contributed by atoms with Gasteiger partial charge in [0.15, 0.2) is 11.4 Å². The number of anilines is 1. The van der Waals surface area contributed by atoms with Gasteiger partial charge in [0.2, 0.25) is 0 Å². The van der Waals surface area contributed by atoms with E-state index in [0.29, 0.717) is 4.47 Å². The third-order valence-electron chi connectivity index (χ3n) is 3.26. The fraction of sp³-hybridized carbons (Fsp3) is 0.333. The second kappa shape index (κ2) is 8.14. The molecule has 0 radical (unpaired) electrons. The van der Waals surface area contributed by atoms with Crippen molar-refractivity contribution in [3.63, 3.8) is 0 Å². The third kappa shape index (κ3) is 5.26. The van der Waals surface area contributed by atoms with Gasteiger partial charge in [-0.15, -0.1) is 0 Å². The molecule has 0 unspecified atom stereocenters. The number of carbonyl (C=O) groups excluding carboxylic acids is 1. The zero-order chi connectivity index (χ0) is 19.5. The predicted octanol–water partition coefficient (Wildman–Crippen LogP) is 2.24. The normalized spacial score (nSPS) is 11.4. The van der Waals surface area contributed by atoms with Crippen molar-refractivity contribution in [1.29, 1.82) is 0 Å². The van der Waals surface area contributed by atoms with Gasteiger partial charge in [-0.1, -0.05) is 15.9 Å². The molecule has 0 spiro atoms. The minimum Gasteiger partial charge on any atom is -0.487 e. The second-order valence-electron chi connectivity index (χ2n) is 5.39. The highest BCUT2D eigenvalue weighted by Gasteiger charge is 2.20. The summed E-state index contributed by atoms with van der Waals surface area (Å²) in [4.78, 5) is 12.5. The summed E-state index contributed by atoms with van der Waals surface area (Å²) in [6, 6.07) is 2.75. The zero-order valence-electron chi connectivity index (χ0n) is 14.2. The van der Waals surface area contributed by atoms with Crippen LogP contribution in [0.5, 0.6) is 5.75 Å². The van der Waals surface area contributed by atoms with E-state index in [-0.39, 0.29) is 30.3 Å². The van der Waals surface area contributed by atoms with E-state index < -0.39 is 21.8 Å². The van der Waals surface area contributed by atoms with Gasteiger partial charge in [0.05, 0.1) is 18.1 Å². The number of carbonyl (C=O) groups is 1. The van der Waals surface area contributed by atoms with E-state index in [0.717, 1.165) is 11.8 Å².